The molecule has 0 aromatic heterocycles. The van der Waals surface area contributed by atoms with Crippen molar-refractivity contribution in [3.05, 3.63) is 60.2 Å². The van der Waals surface area contributed by atoms with E-state index in [2.05, 4.69) is 65.0 Å². The average molecular weight is 725 g/mol. The smallest absolute Gasteiger partial charge is 0.306 e. The molecule has 4 fully saturated rings. The summed E-state index contributed by atoms with van der Waals surface area (Å²) in [6, 6.07) is 16.5. The van der Waals surface area contributed by atoms with E-state index in [1.807, 2.05) is 24.3 Å². The standard InChI is InChI=1S/C48H68O5/c1-33(2)10-9-11-34(3)43-23-24-44-42-22-17-37-30-40(25-27-47(37,4)45(42)26-28-48(43,44)5)53-46(49)12-7-6-8-29-50-38-18-13-35(14-19-38)36-15-20-39(21-16-36)51-31-41-32-52-41/h13-21,33-34,40-45H,6-12,22-32H2,1-5H3/t34-,40+,41?,42+,43-,44+,45+,47+,48-/m1/s1. The van der Waals surface area contributed by atoms with Gasteiger partial charge in [-0.1, -0.05) is 89.8 Å². The van der Waals surface area contributed by atoms with Crippen LogP contribution in [0.25, 0.3) is 11.1 Å². The number of carbonyl (C=O) groups is 1. The monoisotopic (exact) mass is 725 g/mol. The summed E-state index contributed by atoms with van der Waals surface area (Å²) in [5.74, 6) is 6.85. The first-order valence-electron chi connectivity index (χ1n) is 21.6. The summed E-state index contributed by atoms with van der Waals surface area (Å²) >= 11 is 0. The maximum Gasteiger partial charge on any atom is 0.306 e. The van der Waals surface area contributed by atoms with Crippen LogP contribution in [0.3, 0.4) is 0 Å². The number of esters is 1. The molecule has 1 heterocycles. The number of carbonyl (C=O) groups excluding carboxylic acids is 1. The third-order valence-corrected chi connectivity index (χ3v) is 14.7. The highest BCUT2D eigenvalue weighted by Crippen LogP contribution is 2.67. The van der Waals surface area contributed by atoms with Crippen LogP contribution in [0.4, 0.5) is 0 Å². The molecule has 5 nitrogen and oxygen atoms in total. The van der Waals surface area contributed by atoms with Crippen molar-refractivity contribution in [1.29, 1.82) is 0 Å². The molecule has 1 saturated heterocycles. The van der Waals surface area contributed by atoms with E-state index in [9.17, 15) is 4.79 Å². The first-order valence-corrected chi connectivity index (χ1v) is 21.6. The van der Waals surface area contributed by atoms with Gasteiger partial charge in [0, 0.05) is 12.8 Å². The van der Waals surface area contributed by atoms with Crippen LogP contribution in [0.15, 0.2) is 60.2 Å². The normalized spacial score (nSPS) is 32.2. The lowest BCUT2D eigenvalue weighted by molar-refractivity contribution is -0.151. The van der Waals surface area contributed by atoms with E-state index >= 15 is 0 Å². The van der Waals surface area contributed by atoms with Gasteiger partial charge in [0.25, 0.3) is 0 Å². The lowest BCUT2D eigenvalue weighted by Gasteiger charge is -2.58. The van der Waals surface area contributed by atoms with Crippen LogP contribution in [-0.2, 0) is 14.3 Å². The molecule has 0 bridgehead atoms. The lowest BCUT2D eigenvalue weighted by atomic mass is 9.47. The van der Waals surface area contributed by atoms with Crippen LogP contribution < -0.4 is 9.47 Å². The SMILES string of the molecule is CC(C)CCC[C@@H](C)[C@H]1CC[C@H]2[C@@H]3CC=C4C[C@@H](OC(=O)CCCCCOc5ccc(-c6ccc(OCC7CO7)cc6)cc5)CC[C@]4(C)[C@H]3CC[C@]12C. The van der Waals surface area contributed by atoms with Gasteiger partial charge in [-0.05, 0) is 146 Å². The molecule has 7 rings (SSSR count). The van der Waals surface area contributed by atoms with Crippen LogP contribution in [-0.4, -0.2) is 38.0 Å². The first kappa shape index (κ1) is 38.5. The molecule has 0 spiro atoms. The Morgan fingerprint density at radius 2 is 1.53 bits per heavy atom. The van der Waals surface area contributed by atoms with Gasteiger partial charge in [-0.2, -0.15) is 0 Å². The largest absolute Gasteiger partial charge is 0.494 e. The van der Waals surface area contributed by atoms with Gasteiger partial charge in [-0.25, -0.2) is 0 Å². The molecule has 290 valence electrons. The average Bonchev–Trinajstić information content (AvgIpc) is 3.91. The molecule has 1 unspecified atom stereocenters. The maximum atomic E-state index is 12.9. The zero-order valence-corrected chi connectivity index (χ0v) is 33.6. The number of allylic oxidation sites excluding steroid dienone is 1. The molecule has 0 amide bonds. The Bertz CT molecular complexity index is 1520. The van der Waals surface area contributed by atoms with E-state index in [0.717, 1.165) is 96.8 Å². The molecule has 0 radical (unpaired) electrons. The van der Waals surface area contributed by atoms with Crippen molar-refractivity contribution < 1.29 is 23.7 Å². The Labute approximate surface area is 321 Å². The van der Waals surface area contributed by atoms with Crippen LogP contribution in [0.5, 0.6) is 11.5 Å². The maximum absolute atomic E-state index is 12.9. The van der Waals surface area contributed by atoms with E-state index in [1.54, 1.807) is 5.57 Å². The van der Waals surface area contributed by atoms with Gasteiger partial charge in [0.05, 0.1) is 13.2 Å². The fraction of sp³-hybridized carbons (Fsp3) is 0.688. The van der Waals surface area contributed by atoms with Gasteiger partial charge in [-0.15, -0.1) is 0 Å². The topological polar surface area (TPSA) is 57.3 Å². The third-order valence-electron chi connectivity index (χ3n) is 14.7. The van der Waals surface area contributed by atoms with Gasteiger partial charge in [-0.3, -0.25) is 4.79 Å². The molecule has 2 aromatic carbocycles. The number of rotatable bonds is 17. The quantitative estimate of drug-likeness (QED) is 0.0703. The van der Waals surface area contributed by atoms with Crippen molar-refractivity contribution in [3.8, 4) is 22.6 Å². The van der Waals surface area contributed by atoms with Crippen molar-refractivity contribution >= 4 is 5.97 Å². The molecule has 5 aliphatic rings. The first-order chi connectivity index (χ1) is 25.6. The Morgan fingerprint density at radius 1 is 0.811 bits per heavy atom. The fourth-order valence-electron chi connectivity index (χ4n) is 11.6. The summed E-state index contributed by atoms with van der Waals surface area (Å²) in [4.78, 5) is 12.9. The molecule has 5 heteroatoms. The zero-order valence-electron chi connectivity index (χ0n) is 33.6. The predicted octanol–water partition coefficient (Wildman–Crippen LogP) is 12.0. The highest BCUT2D eigenvalue weighted by Gasteiger charge is 2.59. The predicted molar refractivity (Wildman–Crippen MR) is 214 cm³/mol. The van der Waals surface area contributed by atoms with Gasteiger partial charge >= 0.3 is 5.97 Å². The lowest BCUT2D eigenvalue weighted by Crippen LogP contribution is -2.51. The van der Waals surface area contributed by atoms with E-state index in [0.29, 0.717) is 30.5 Å². The second-order valence-corrected chi connectivity index (χ2v) is 18.6. The number of ether oxygens (including phenoxy) is 4. The van der Waals surface area contributed by atoms with Crippen LogP contribution in [0.2, 0.25) is 0 Å². The second-order valence-electron chi connectivity index (χ2n) is 18.6. The van der Waals surface area contributed by atoms with Crippen LogP contribution in [0, 0.1) is 46.3 Å². The zero-order chi connectivity index (χ0) is 37.0. The van der Waals surface area contributed by atoms with Crippen molar-refractivity contribution in [2.24, 2.45) is 46.3 Å². The molecule has 9 atom stereocenters. The second kappa shape index (κ2) is 16.9. The van der Waals surface area contributed by atoms with Gasteiger partial charge < -0.3 is 18.9 Å². The van der Waals surface area contributed by atoms with Crippen molar-refractivity contribution in [2.45, 2.75) is 143 Å². The van der Waals surface area contributed by atoms with Gasteiger partial charge in [0.2, 0.25) is 0 Å². The number of unbranched alkanes of at least 4 members (excludes halogenated alkanes) is 2. The molecule has 3 saturated carbocycles. The van der Waals surface area contributed by atoms with Crippen molar-refractivity contribution in [3.63, 3.8) is 0 Å². The molecule has 4 aliphatic carbocycles. The number of benzene rings is 2. The summed E-state index contributed by atoms with van der Waals surface area (Å²) in [5, 5.41) is 0. The Morgan fingerprint density at radius 3 is 2.23 bits per heavy atom. The molecular weight excluding hydrogens is 657 g/mol. The molecule has 0 N–H and O–H groups in total. The summed E-state index contributed by atoms with van der Waals surface area (Å²) in [7, 11) is 0. The summed E-state index contributed by atoms with van der Waals surface area (Å²) < 4.78 is 23.1. The van der Waals surface area contributed by atoms with Crippen molar-refractivity contribution in [2.75, 3.05) is 19.8 Å². The fourth-order valence-corrected chi connectivity index (χ4v) is 11.6. The minimum absolute atomic E-state index is 0.0196. The van der Waals surface area contributed by atoms with Crippen LogP contribution >= 0.6 is 0 Å². The number of hydrogen-bond acceptors (Lipinski definition) is 5. The number of hydrogen-bond donors (Lipinski definition) is 0. The molecule has 1 aliphatic heterocycles. The van der Waals surface area contributed by atoms with E-state index < -0.39 is 0 Å². The van der Waals surface area contributed by atoms with Crippen molar-refractivity contribution in [1.82, 2.24) is 0 Å². The Balaban J connectivity index is 0.802. The summed E-state index contributed by atoms with van der Waals surface area (Å²) in [5.41, 5.74) is 4.73. The molecular formula is C48H68O5. The molecule has 53 heavy (non-hydrogen) atoms. The van der Waals surface area contributed by atoms with Gasteiger partial charge in [0.15, 0.2) is 0 Å². The van der Waals surface area contributed by atoms with Crippen LogP contribution in [0.1, 0.15) is 131 Å². The van der Waals surface area contributed by atoms with E-state index in [4.69, 9.17) is 18.9 Å². The molecule has 2 aromatic rings. The highest BCUT2D eigenvalue weighted by atomic mass is 16.6. The Kier molecular flexibility index (Phi) is 12.3. The summed E-state index contributed by atoms with van der Waals surface area (Å²) in [6.07, 6.45) is 20.5. The Hall–Kier alpha value is -2.79. The number of epoxide rings is 1. The third kappa shape index (κ3) is 9.03. The van der Waals surface area contributed by atoms with Gasteiger partial charge in [0.1, 0.15) is 30.3 Å². The minimum Gasteiger partial charge on any atom is -0.494 e. The van der Waals surface area contributed by atoms with E-state index in [1.165, 1.54) is 57.8 Å². The van der Waals surface area contributed by atoms with E-state index in [-0.39, 0.29) is 18.2 Å². The minimum atomic E-state index is -0.0196. The number of fused-ring (bicyclic) bond motifs is 5. The summed E-state index contributed by atoms with van der Waals surface area (Å²) in [6.45, 7) is 14.7. The highest BCUT2D eigenvalue weighted by molar-refractivity contribution is 5.69.